The quantitative estimate of drug-likeness (QED) is 0.423. The molecule has 1 aliphatic rings. The van der Waals surface area contributed by atoms with E-state index in [1.165, 1.54) is 13.2 Å². The van der Waals surface area contributed by atoms with Gasteiger partial charge in [0, 0.05) is 31.7 Å². The molecule has 7 nitrogen and oxygen atoms in total. The molecule has 134 valence electrons. The zero-order valence-electron chi connectivity index (χ0n) is 14.5. The molecular formula is C17H27N3O4. The smallest absolute Gasteiger partial charge is 0.276 e. The molecule has 0 bridgehead atoms. The molecule has 0 unspecified atom stereocenters. The predicted molar refractivity (Wildman–Crippen MR) is 93.1 cm³/mol. The zero-order chi connectivity index (χ0) is 17.4. The summed E-state index contributed by atoms with van der Waals surface area (Å²) in [5, 5.41) is 14.7. The van der Waals surface area contributed by atoms with Crippen molar-refractivity contribution >= 4 is 5.69 Å². The van der Waals surface area contributed by atoms with Gasteiger partial charge in [0.2, 0.25) is 0 Å². The summed E-state index contributed by atoms with van der Waals surface area (Å²) in [4.78, 5) is 13.4. The Morgan fingerprint density at radius 3 is 2.62 bits per heavy atom. The number of nitrogens with one attached hydrogen (secondary N) is 1. The molecule has 0 atom stereocenters. The molecule has 1 saturated heterocycles. The number of ether oxygens (including phenoxy) is 2. The van der Waals surface area contributed by atoms with Crippen LogP contribution in [0.1, 0.15) is 25.3 Å². The molecule has 24 heavy (non-hydrogen) atoms. The van der Waals surface area contributed by atoms with Crippen molar-refractivity contribution in [2.45, 2.75) is 26.2 Å². The van der Waals surface area contributed by atoms with E-state index in [0.29, 0.717) is 30.1 Å². The van der Waals surface area contributed by atoms with E-state index in [2.05, 4.69) is 10.2 Å². The first-order valence-corrected chi connectivity index (χ1v) is 8.57. The first kappa shape index (κ1) is 18.5. The fourth-order valence-electron chi connectivity index (χ4n) is 2.97. The Bertz CT molecular complexity index is 545. The lowest BCUT2D eigenvalue weighted by molar-refractivity contribution is -0.385. The van der Waals surface area contributed by atoms with Gasteiger partial charge in [0.1, 0.15) is 0 Å². The zero-order valence-corrected chi connectivity index (χ0v) is 14.5. The van der Waals surface area contributed by atoms with Gasteiger partial charge < -0.3 is 19.7 Å². The minimum atomic E-state index is -0.343. The second-order valence-electron chi connectivity index (χ2n) is 5.87. The largest absolute Gasteiger partial charge is 0.493 e. The molecular weight excluding hydrogens is 310 g/mol. The van der Waals surface area contributed by atoms with Gasteiger partial charge >= 0.3 is 0 Å². The van der Waals surface area contributed by atoms with Crippen molar-refractivity contribution in [2.24, 2.45) is 0 Å². The van der Waals surface area contributed by atoms with Crippen LogP contribution in [-0.4, -0.2) is 56.3 Å². The average molecular weight is 337 g/mol. The first-order valence-electron chi connectivity index (χ1n) is 8.57. The molecule has 2 rings (SSSR count). The first-order chi connectivity index (χ1) is 11.7. The number of piperazine rings is 1. The number of nitrogens with zero attached hydrogens (tertiary/aromatic N) is 2. The second-order valence-corrected chi connectivity index (χ2v) is 5.87. The topological polar surface area (TPSA) is 76.9 Å². The number of unbranched alkanes of at least 4 members (excludes halogenated alkanes) is 1. The monoisotopic (exact) mass is 337 g/mol. The second kappa shape index (κ2) is 9.44. The van der Waals surface area contributed by atoms with Crippen LogP contribution in [0.4, 0.5) is 5.69 Å². The summed E-state index contributed by atoms with van der Waals surface area (Å²) >= 11 is 0. The Morgan fingerprint density at radius 2 is 2.00 bits per heavy atom. The standard InChI is InChI=1S/C17H27N3O4/c1-3-24-17-12-14(15(20(21)22)13-16(17)23-2)6-4-5-9-19-10-7-18-8-11-19/h12-13,18H,3-11H2,1-2H3. The highest BCUT2D eigenvalue weighted by Crippen LogP contribution is 2.35. The highest BCUT2D eigenvalue weighted by molar-refractivity contribution is 5.54. The van der Waals surface area contributed by atoms with Gasteiger partial charge in [0.25, 0.3) is 5.69 Å². The van der Waals surface area contributed by atoms with E-state index in [1.54, 1.807) is 6.07 Å². The Kier molecular flexibility index (Phi) is 7.27. The van der Waals surface area contributed by atoms with Crippen LogP contribution in [0.15, 0.2) is 12.1 Å². The van der Waals surface area contributed by atoms with Crippen LogP contribution < -0.4 is 14.8 Å². The number of hydrogen-bond donors (Lipinski definition) is 1. The van der Waals surface area contributed by atoms with E-state index in [1.807, 2.05) is 6.92 Å². The maximum Gasteiger partial charge on any atom is 0.276 e. The van der Waals surface area contributed by atoms with Gasteiger partial charge in [-0.3, -0.25) is 10.1 Å². The van der Waals surface area contributed by atoms with Crippen LogP contribution in [0.25, 0.3) is 0 Å². The van der Waals surface area contributed by atoms with Crippen LogP contribution in [0.2, 0.25) is 0 Å². The number of hydrogen-bond acceptors (Lipinski definition) is 6. The maximum absolute atomic E-state index is 11.3. The highest BCUT2D eigenvalue weighted by Gasteiger charge is 2.19. The van der Waals surface area contributed by atoms with E-state index in [0.717, 1.165) is 45.6 Å². The lowest BCUT2D eigenvalue weighted by Crippen LogP contribution is -2.43. The third-order valence-corrected chi connectivity index (χ3v) is 4.24. The Labute approximate surface area is 143 Å². The summed E-state index contributed by atoms with van der Waals surface area (Å²) < 4.78 is 10.7. The van der Waals surface area contributed by atoms with Crippen molar-refractivity contribution in [1.82, 2.24) is 10.2 Å². The van der Waals surface area contributed by atoms with Gasteiger partial charge in [0.15, 0.2) is 11.5 Å². The Hall–Kier alpha value is -1.86. The molecule has 0 aromatic heterocycles. The summed E-state index contributed by atoms with van der Waals surface area (Å²) in [6.45, 7) is 7.67. The van der Waals surface area contributed by atoms with E-state index in [-0.39, 0.29) is 10.6 Å². The maximum atomic E-state index is 11.3. The fourth-order valence-corrected chi connectivity index (χ4v) is 2.97. The van der Waals surface area contributed by atoms with Crippen LogP contribution in [0.3, 0.4) is 0 Å². The third kappa shape index (κ3) is 5.07. The number of rotatable bonds is 9. The summed E-state index contributed by atoms with van der Waals surface area (Å²) in [5.41, 5.74) is 0.821. The number of benzene rings is 1. The Balaban J connectivity index is 1.98. The van der Waals surface area contributed by atoms with Crippen LogP contribution in [0, 0.1) is 10.1 Å². The molecule has 1 aromatic rings. The molecule has 1 fully saturated rings. The van der Waals surface area contributed by atoms with Crippen molar-refractivity contribution in [1.29, 1.82) is 0 Å². The SMILES string of the molecule is CCOc1cc(CCCCN2CCNCC2)c([N+](=O)[O-])cc1OC. The highest BCUT2D eigenvalue weighted by atomic mass is 16.6. The van der Waals surface area contributed by atoms with E-state index in [9.17, 15) is 10.1 Å². The van der Waals surface area contributed by atoms with Crippen molar-refractivity contribution in [2.75, 3.05) is 46.4 Å². The molecule has 1 N–H and O–H groups in total. The van der Waals surface area contributed by atoms with Crippen molar-refractivity contribution in [3.05, 3.63) is 27.8 Å². The minimum absolute atomic E-state index is 0.109. The van der Waals surface area contributed by atoms with Crippen molar-refractivity contribution < 1.29 is 14.4 Å². The molecule has 1 heterocycles. The predicted octanol–water partition coefficient (Wildman–Crippen LogP) is 2.23. The van der Waals surface area contributed by atoms with Crippen molar-refractivity contribution in [3.8, 4) is 11.5 Å². The molecule has 1 aliphatic heterocycles. The third-order valence-electron chi connectivity index (χ3n) is 4.24. The van der Waals surface area contributed by atoms with Gasteiger partial charge in [-0.1, -0.05) is 0 Å². The summed E-state index contributed by atoms with van der Waals surface area (Å²) in [5.74, 6) is 0.982. The lowest BCUT2D eigenvalue weighted by Gasteiger charge is -2.27. The minimum Gasteiger partial charge on any atom is -0.493 e. The van der Waals surface area contributed by atoms with Crippen molar-refractivity contribution in [3.63, 3.8) is 0 Å². The van der Waals surface area contributed by atoms with Crippen LogP contribution >= 0.6 is 0 Å². The molecule has 1 aromatic carbocycles. The number of nitro benzene ring substituents is 1. The number of nitro groups is 1. The van der Waals surface area contributed by atoms with Gasteiger partial charge in [-0.15, -0.1) is 0 Å². The molecule has 0 aliphatic carbocycles. The Morgan fingerprint density at radius 1 is 1.25 bits per heavy atom. The van der Waals surface area contributed by atoms with E-state index < -0.39 is 0 Å². The molecule has 0 amide bonds. The molecule has 0 radical (unpaired) electrons. The van der Waals surface area contributed by atoms with Crippen LogP contribution in [0.5, 0.6) is 11.5 Å². The number of aryl methyl sites for hydroxylation is 1. The fraction of sp³-hybridized carbons (Fsp3) is 0.647. The van der Waals surface area contributed by atoms with Gasteiger partial charge in [-0.25, -0.2) is 0 Å². The summed E-state index contributed by atoms with van der Waals surface area (Å²) in [7, 11) is 1.49. The molecule has 0 spiro atoms. The summed E-state index contributed by atoms with van der Waals surface area (Å²) in [6.07, 6.45) is 2.63. The normalized spacial score (nSPS) is 15.2. The van der Waals surface area contributed by atoms with Gasteiger partial charge in [-0.2, -0.15) is 0 Å². The average Bonchev–Trinajstić information content (AvgIpc) is 2.59. The number of methoxy groups -OCH3 is 1. The van der Waals surface area contributed by atoms with Gasteiger partial charge in [-0.05, 0) is 38.8 Å². The van der Waals surface area contributed by atoms with E-state index >= 15 is 0 Å². The molecule has 0 saturated carbocycles. The van der Waals surface area contributed by atoms with E-state index in [4.69, 9.17) is 9.47 Å². The molecule has 7 heteroatoms. The lowest BCUT2D eigenvalue weighted by atomic mass is 10.0. The van der Waals surface area contributed by atoms with Crippen LogP contribution in [-0.2, 0) is 6.42 Å². The van der Waals surface area contributed by atoms with Gasteiger partial charge in [0.05, 0.1) is 24.7 Å². The summed E-state index contributed by atoms with van der Waals surface area (Å²) in [6, 6.07) is 3.22.